The molecular weight excluding hydrogens is 234 g/mol. The highest BCUT2D eigenvalue weighted by Crippen LogP contribution is 2.29. The summed E-state index contributed by atoms with van der Waals surface area (Å²) in [7, 11) is 0. The molecule has 0 aliphatic heterocycles. The van der Waals surface area contributed by atoms with Gasteiger partial charge in [-0.1, -0.05) is 38.3 Å². The molecule has 0 amide bonds. The third kappa shape index (κ3) is 4.54. The van der Waals surface area contributed by atoms with Crippen molar-refractivity contribution in [1.29, 1.82) is 0 Å². The quantitative estimate of drug-likeness (QED) is 0.615. The van der Waals surface area contributed by atoms with E-state index in [1.807, 2.05) is 12.1 Å². The zero-order chi connectivity index (χ0) is 13.5. The van der Waals surface area contributed by atoms with E-state index in [1.54, 1.807) is 0 Å². The lowest BCUT2D eigenvalue weighted by molar-refractivity contribution is -0.0128. The Morgan fingerprint density at radius 3 is 2.89 bits per heavy atom. The first-order chi connectivity index (χ1) is 9.29. The van der Waals surface area contributed by atoms with Gasteiger partial charge < -0.3 is 10.5 Å². The highest BCUT2D eigenvalue weighted by Gasteiger charge is 2.23. The van der Waals surface area contributed by atoms with Crippen LogP contribution >= 0.6 is 0 Å². The molecule has 0 saturated heterocycles. The average Bonchev–Trinajstić information content (AvgIpc) is 2.44. The minimum Gasteiger partial charge on any atom is -0.399 e. The highest BCUT2D eigenvalue weighted by molar-refractivity contribution is 5.40. The Hall–Kier alpha value is -1.02. The minimum absolute atomic E-state index is 0.514. The Morgan fingerprint density at radius 2 is 2.11 bits per heavy atom. The molecule has 2 heteroatoms. The molecule has 2 atom stereocenters. The van der Waals surface area contributed by atoms with Gasteiger partial charge in [-0.25, -0.2) is 0 Å². The summed E-state index contributed by atoms with van der Waals surface area (Å²) in [5.74, 6) is 0.793. The van der Waals surface area contributed by atoms with Crippen LogP contribution in [0.5, 0.6) is 0 Å². The molecule has 0 radical (unpaired) electrons. The number of hydrogen-bond donors (Lipinski definition) is 1. The topological polar surface area (TPSA) is 35.2 Å². The maximum Gasteiger partial charge on any atom is 0.0603 e. The second-order valence-electron chi connectivity index (χ2n) is 5.71. The molecule has 0 bridgehead atoms. The largest absolute Gasteiger partial charge is 0.399 e. The standard InChI is InChI=1S/C17H27NO/c1-2-15-9-3-4-11-17(15)19-12-6-8-14-7-5-10-16(18)13-14/h5,7,10,13,15,17H,2-4,6,8-9,11-12,18H2,1H3. The smallest absolute Gasteiger partial charge is 0.0603 e. The molecule has 0 heterocycles. The number of hydrogen-bond acceptors (Lipinski definition) is 2. The molecule has 2 N–H and O–H groups in total. The number of rotatable bonds is 6. The third-order valence-electron chi connectivity index (χ3n) is 4.26. The summed E-state index contributed by atoms with van der Waals surface area (Å²) in [6.07, 6.45) is 9.29. The van der Waals surface area contributed by atoms with Crippen LogP contribution in [0.25, 0.3) is 0 Å². The molecule has 0 spiro atoms. The Bertz CT molecular complexity index is 377. The summed E-state index contributed by atoms with van der Waals surface area (Å²) in [6.45, 7) is 3.18. The normalized spacial score (nSPS) is 23.4. The monoisotopic (exact) mass is 261 g/mol. The molecule has 2 nitrogen and oxygen atoms in total. The van der Waals surface area contributed by atoms with Gasteiger partial charge in [0.2, 0.25) is 0 Å². The first kappa shape index (κ1) is 14.4. The van der Waals surface area contributed by atoms with Crippen LogP contribution in [-0.4, -0.2) is 12.7 Å². The Labute approximate surface area is 117 Å². The van der Waals surface area contributed by atoms with Crippen LogP contribution < -0.4 is 5.73 Å². The Balaban J connectivity index is 1.68. The molecule has 1 aromatic rings. The second kappa shape index (κ2) is 7.54. The van der Waals surface area contributed by atoms with E-state index in [9.17, 15) is 0 Å². The van der Waals surface area contributed by atoms with E-state index < -0.39 is 0 Å². The molecule has 0 aromatic heterocycles. The van der Waals surface area contributed by atoms with E-state index >= 15 is 0 Å². The number of anilines is 1. The lowest BCUT2D eigenvalue weighted by Gasteiger charge is -2.30. The van der Waals surface area contributed by atoms with Crippen LogP contribution in [-0.2, 0) is 11.2 Å². The fraction of sp³-hybridized carbons (Fsp3) is 0.647. The molecule has 2 rings (SSSR count). The van der Waals surface area contributed by atoms with Gasteiger partial charge in [0.05, 0.1) is 6.10 Å². The highest BCUT2D eigenvalue weighted by atomic mass is 16.5. The Kier molecular flexibility index (Phi) is 5.71. The number of aryl methyl sites for hydroxylation is 1. The molecule has 106 valence electrons. The molecule has 1 aliphatic carbocycles. The molecule has 1 aromatic carbocycles. The first-order valence-corrected chi connectivity index (χ1v) is 7.75. The predicted molar refractivity (Wildman–Crippen MR) is 81.2 cm³/mol. The summed E-state index contributed by atoms with van der Waals surface area (Å²) < 4.78 is 6.11. The fourth-order valence-electron chi connectivity index (χ4n) is 3.12. The minimum atomic E-state index is 0.514. The number of nitrogen functional groups attached to an aromatic ring is 1. The van der Waals surface area contributed by atoms with Crippen LogP contribution in [0.3, 0.4) is 0 Å². The first-order valence-electron chi connectivity index (χ1n) is 7.75. The molecule has 19 heavy (non-hydrogen) atoms. The lowest BCUT2D eigenvalue weighted by Crippen LogP contribution is -2.27. The van der Waals surface area contributed by atoms with Crippen LogP contribution in [0.4, 0.5) is 5.69 Å². The van der Waals surface area contributed by atoms with Crippen molar-refractivity contribution < 1.29 is 4.74 Å². The van der Waals surface area contributed by atoms with E-state index in [1.165, 1.54) is 37.7 Å². The molecule has 1 fully saturated rings. The van der Waals surface area contributed by atoms with Crippen molar-refractivity contribution >= 4 is 5.69 Å². The zero-order valence-electron chi connectivity index (χ0n) is 12.1. The van der Waals surface area contributed by atoms with Gasteiger partial charge in [-0.05, 0) is 49.3 Å². The van der Waals surface area contributed by atoms with E-state index in [0.717, 1.165) is 31.1 Å². The van der Waals surface area contributed by atoms with Crippen LogP contribution in [0, 0.1) is 5.92 Å². The number of ether oxygens (including phenoxy) is 1. The maximum absolute atomic E-state index is 6.11. The van der Waals surface area contributed by atoms with E-state index in [2.05, 4.69) is 19.1 Å². The van der Waals surface area contributed by atoms with E-state index in [4.69, 9.17) is 10.5 Å². The molecule has 1 aliphatic rings. The zero-order valence-corrected chi connectivity index (χ0v) is 12.1. The van der Waals surface area contributed by atoms with Gasteiger partial charge >= 0.3 is 0 Å². The SMILES string of the molecule is CCC1CCCCC1OCCCc1cccc(N)c1. The number of benzene rings is 1. The van der Waals surface area contributed by atoms with E-state index in [0.29, 0.717) is 6.10 Å². The summed E-state index contributed by atoms with van der Waals surface area (Å²) in [4.78, 5) is 0. The van der Waals surface area contributed by atoms with Crippen molar-refractivity contribution in [2.45, 2.75) is 58.0 Å². The van der Waals surface area contributed by atoms with Gasteiger partial charge in [-0.3, -0.25) is 0 Å². The summed E-state index contributed by atoms with van der Waals surface area (Å²) >= 11 is 0. The summed E-state index contributed by atoms with van der Waals surface area (Å²) in [6, 6.07) is 8.18. The van der Waals surface area contributed by atoms with Gasteiger partial charge in [0.1, 0.15) is 0 Å². The van der Waals surface area contributed by atoms with Gasteiger partial charge in [-0.15, -0.1) is 0 Å². The maximum atomic E-state index is 6.11. The van der Waals surface area contributed by atoms with Crippen LogP contribution in [0.1, 0.15) is 51.0 Å². The van der Waals surface area contributed by atoms with Gasteiger partial charge in [-0.2, -0.15) is 0 Å². The third-order valence-corrected chi connectivity index (χ3v) is 4.26. The molecule has 1 saturated carbocycles. The van der Waals surface area contributed by atoms with Crippen LogP contribution in [0.15, 0.2) is 24.3 Å². The van der Waals surface area contributed by atoms with Crippen molar-refractivity contribution in [2.75, 3.05) is 12.3 Å². The fourth-order valence-corrected chi connectivity index (χ4v) is 3.12. The Morgan fingerprint density at radius 1 is 1.26 bits per heavy atom. The molecular formula is C17H27NO. The van der Waals surface area contributed by atoms with Gasteiger partial charge in [0.15, 0.2) is 0 Å². The molecule has 2 unspecified atom stereocenters. The van der Waals surface area contributed by atoms with Gasteiger partial charge in [0, 0.05) is 12.3 Å². The van der Waals surface area contributed by atoms with Crippen molar-refractivity contribution in [3.05, 3.63) is 29.8 Å². The van der Waals surface area contributed by atoms with E-state index in [-0.39, 0.29) is 0 Å². The van der Waals surface area contributed by atoms with Crippen molar-refractivity contribution in [3.63, 3.8) is 0 Å². The summed E-state index contributed by atoms with van der Waals surface area (Å²) in [5, 5.41) is 0. The lowest BCUT2D eigenvalue weighted by atomic mass is 9.85. The second-order valence-corrected chi connectivity index (χ2v) is 5.71. The van der Waals surface area contributed by atoms with Gasteiger partial charge in [0.25, 0.3) is 0 Å². The summed E-state index contributed by atoms with van der Waals surface area (Å²) in [5.41, 5.74) is 7.96. The average molecular weight is 261 g/mol. The van der Waals surface area contributed by atoms with Crippen molar-refractivity contribution in [1.82, 2.24) is 0 Å². The van der Waals surface area contributed by atoms with Crippen molar-refractivity contribution in [3.8, 4) is 0 Å². The van der Waals surface area contributed by atoms with Crippen molar-refractivity contribution in [2.24, 2.45) is 5.92 Å². The predicted octanol–water partition coefficient (Wildman–Crippen LogP) is 4.19. The number of nitrogens with two attached hydrogens (primary N) is 1. The van der Waals surface area contributed by atoms with Crippen LogP contribution in [0.2, 0.25) is 0 Å².